The molecule has 3 aromatic carbocycles. The maximum Gasteiger partial charge on any atom is 0.304 e. The molecule has 0 radical (unpaired) electrons. The highest BCUT2D eigenvalue weighted by Gasteiger charge is 2.42. The van der Waals surface area contributed by atoms with Gasteiger partial charge in [0.05, 0.1) is 32.2 Å². The third kappa shape index (κ3) is 5.55. The van der Waals surface area contributed by atoms with Gasteiger partial charge in [-0.1, -0.05) is 24.3 Å². The number of carboxylic acids is 1. The molecule has 3 aromatic rings. The lowest BCUT2D eigenvalue weighted by molar-refractivity contribution is -0.145. The Hall–Kier alpha value is -3.84. The molecule has 0 spiro atoms. The Morgan fingerprint density at radius 3 is 2.00 bits per heavy atom. The van der Waals surface area contributed by atoms with Crippen molar-refractivity contribution < 1.29 is 33.6 Å². The number of methoxy groups -OCH3 is 1. The average molecular weight is 462 g/mol. The molecule has 0 saturated carbocycles. The van der Waals surface area contributed by atoms with Crippen molar-refractivity contribution in [2.24, 2.45) is 0 Å². The van der Waals surface area contributed by atoms with Crippen LogP contribution in [0.3, 0.4) is 0 Å². The van der Waals surface area contributed by atoms with Crippen molar-refractivity contribution >= 4 is 11.8 Å². The molecule has 7 heteroatoms. The van der Waals surface area contributed by atoms with Crippen molar-refractivity contribution in [1.82, 2.24) is 0 Å². The van der Waals surface area contributed by atoms with Crippen LogP contribution in [-0.4, -0.2) is 43.8 Å². The summed E-state index contributed by atoms with van der Waals surface area (Å²) in [5, 5.41) is 9.18. The van der Waals surface area contributed by atoms with E-state index in [1.807, 2.05) is 36.4 Å². The van der Waals surface area contributed by atoms with Crippen molar-refractivity contribution in [3.8, 4) is 17.2 Å². The van der Waals surface area contributed by atoms with Crippen molar-refractivity contribution in [1.29, 1.82) is 0 Å². The van der Waals surface area contributed by atoms with E-state index in [-0.39, 0.29) is 18.8 Å². The highest BCUT2D eigenvalue weighted by Crippen LogP contribution is 2.36. The zero-order valence-electron chi connectivity index (χ0n) is 18.9. The zero-order valence-corrected chi connectivity index (χ0v) is 18.9. The van der Waals surface area contributed by atoms with E-state index in [0.29, 0.717) is 42.6 Å². The predicted molar refractivity (Wildman–Crippen MR) is 125 cm³/mol. The van der Waals surface area contributed by atoms with E-state index in [0.717, 1.165) is 11.1 Å². The molecule has 7 nitrogen and oxygen atoms in total. The van der Waals surface area contributed by atoms with Gasteiger partial charge in [0.1, 0.15) is 23.9 Å². The van der Waals surface area contributed by atoms with E-state index < -0.39 is 11.4 Å². The van der Waals surface area contributed by atoms with E-state index in [1.54, 1.807) is 43.5 Å². The first-order chi connectivity index (χ1) is 16.5. The predicted octanol–water partition coefficient (Wildman–Crippen LogP) is 4.28. The number of carbonyl (C=O) groups excluding carboxylic acids is 1. The number of rotatable bonds is 11. The van der Waals surface area contributed by atoms with Crippen LogP contribution in [0.25, 0.3) is 0 Å². The first kappa shape index (κ1) is 23.3. The van der Waals surface area contributed by atoms with Gasteiger partial charge in [0.15, 0.2) is 12.4 Å². The van der Waals surface area contributed by atoms with Crippen LogP contribution in [0.5, 0.6) is 17.2 Å². The maximum atomic E-state index is 12.3. The van der Waals surface area contributed by atoms with Crippen LogP contribution in [-0.2, 0) is 21.6 Å². The SMILES string of the molecule is COc1ccc(C(=O)COc2ccc(COc3ccc(C4(CC(=O)O)COC4)cc3)cc2)cc1. The molecular weight excluding hydrogens is 436 g/mol. The van der Waals surface area contributed by atoms with Crippen LogP contribution in [0.4, 0.5) is 0 Å². The fourth-order valence-corrected chi connectivity index (χ4v) is 3.77. The minimum atomic E-state index is -0.832. The average Bonchev–Trinajstić information content (AvgIpc) is 2.84. The second kappa shape index (κ2) is 10.4. The summed E-state index contributed by atoms with van der Waals surface area (Å²) < 4.78 is 21.8. The molecule has 4 rings (SSSR count). The number of hydrogen-bond acceptors (Lipinski definition) is 6. The van der Waals surface area contributed by atoms with Crippen LogP contribution >= 0.6 is 0 Å². The molecule has 1 saturated heterocycles. The summed E-state index contributed by atoms with van der Waals surface area (Å²) in [5.74, 6) is 1.04. The Morgan fingerprint density at radius 1 is 0.853 bits per heavy atom. The van der Waals surface area contributed by atoms with Gasteiger partial charge >= 0.3 is 5.97 Å². The Labute approximate surface area is 197 Å². The van der Waals surface area contributed by atoms with Gasteiger partial charge in [-0.05, 0) is 59.7 Å². The molecule has 1 aliphatic rings. The summed E-state index contributed by atoms with van der Waals surface area (Å²) in [4.78, 5) is 23.5. The Morgan fingerprint density at radius 2 is 1.44 bits per heavy atom. The molecule has 0 aromatic heterocycles. The minimum Gasteiger partial charge on any atom is -0.497 e. The molecule has 0 aliphatic carbocycles. The topological polar surface area (TPSA) is 91.3 Å². The fraction of sp³-hybridized carbons (Fsp3) is 0.259. The van der Waals surface area contributed by atoms with Crippen molar-refractivity contribution in [3.63, 3.8) is 0 Å². The standard InChI is InChI=1S/C27H26O7/c1-31-22-10-4-20(5-11-22)25(28)16-34-23-8-2-19(3-9-23)15-33-24-12-6-21(7-13-24)27(14-26(29)30)17-32-18-27/h2-13H,14-18H2,1H3,(H,29,30). The van der Waals surface area contributed by atoms with E-state index in [4.69, 9.17) is 18.9 Å². The van der Waals surface area contributed by atoms with Crippen LogP contribution in [0, 0.1) is 0 Å². The molecule has 1 heterocycles. The van der Waals surface area contributed by atoms with E-state index in [1.165, 1.54) is 0 Å². The third-order valence-electron chi connectivity index (χ3n) is 5.82. The first-order valence-electron chi connectivity index (χ1n) is 10.9. The Balaban J connectivity index is 1.26. The quantitative estimate of drug-likeness (QED) is 0.425. The van der Waals surface area contributed by atoms with Gasteiger partial charge in [-0.3, -0.25) is 9.59 Å². The van der Waals surface area contributed by atoms with Crippen LogP contribution < -0.4 is 14.2 Å². The van der Waals surface area contributed by atoms with E-state index in [2.05, 4.69) is 0 Å². The molecule has 0 bridgehead atoms. The van der Waals surface area contributed by atoms with Crippen molar-refractivity contribution in [2.75, 3.05) is 26.9 Å². The number of benzene rings is 3. The van der Waals surface area contributed by atoms with Crippen molar-refractivity contribution in [3.05, 3.63) is 89.5 Å². The lowest BCUT2D eigenvalue weighted by atomic mass is 9.76. The van der Waals surface area contributed by atoms with Gasteiger partial charge in [-0.25, -0.2) is 0 Å². The van der Waals surface area contributed by atoms with Crippen LogP contribution in [0.1, 0.15) is 27.9 Å². The number of carbonyl (C=O) groups is 2. The summed E-state index contributed by atoms with van der Waals surface area (Å²) >= 11 is 0. The molecule has 0 unspecified atom stereocenters. The summed E-state index contributed by atoms with van der Waals surface area (Å²) in [7, 11) is 1.58. The lowest BCUT2D eigenvalue weighted by Crippen LogP contribution is -2.48. The molecule has 0 atom stereocenters. The Kier molecular flexibility index (Phi) is 7.13. The number of aliphatic carboxylic acids is 1. The maximum absolute atomic E-state index is 12.3. The highest BCUT2D eigenvalue weighted by atomic mass is 16.5. The van der Waals surface area contributed by atoms with E-state index in [9.17, 15) is 14.7 Å². The second-order valence-electron chi connectivity index (χ2n) is 8.24. The number of ether oxygens (including phenoxy) is 4. The molecule has 1 fully saturated rings. The number of hydrogen-bond donors (Lipinski definition) is 1. The van der Waals surface area contributed by atoms with Gasteiger partial charge in [-0.2, -0.15) is 0 Å². The summed E-state index contributed by atoms with van der Waals surface area (Å²) in [6.45, 7) is 1.15. The van der Waals surface area contributed by atoms with Gasteiger partial charge in [0.2, 0.25) is 0 Å². The molecule has 1 N–H and O–H groups in total. The fourth-order valence-electron chi connectivity index (χ4n) is 3.77. The van der Waals surface area contributed by atoms with Gasteiger partial charge in [-0.15, -0.1) is 0 Å². The number of carboxylic acid groups (broad SMARTS) is 1. The number of Topliss-reactive ketones (excluding diaryl/α,β-unsaturated/α-hetero) is 1. The normalized spacial score (nSPS) is 14.0. The lowest BCUT2D eigenvalue weighted by Gasteiger charge is -2.40. The monoisotopic (exact) mass is 462 g/mol. The molecule has 176 valence electrons. The van der Waals surface area contributed by atoms with Crippen LogP contribution in [0.2, 0.25) is 0 Å². The molecule has 0 amide bonds. The minimum absolute atomic E-state index is 0.0489. The van der Waals surface area contributed by atoms with E-state index >= 15 is 0 Å². The van der Waals surface area contributed by atoms with Crippen LogP contribution in [0.15, 0.2) is 72.8 Å². The summed E-state index contributed by atoms with van der Waals surface area (Å²) in [6.07, 6.45) is 0.0489. The molecule has 34 heavy (non-hydrogen) atoms. The Bertz CT molecular complexity index is 1120. The van der Waals surface area contributed by atoms with Gasteiger partial charge < -0.3 is 24.1 Å². The van der Waals surface area contributed by atoms with Gasteiger partial charge in [0.25, 0.3) is 0 Å². The molecular formula is C27H26O7. The smallest absolute Gasteiger partial charge is 0.304 e. The molecule has 1 aliphatic heterocycles. The number of ketones is 1. The van der Waals surface area contributed by atoms with Crippen molar-refractivity contribution in [2.45, 2.75) is 18.4 Å². The largest absolute Gasteiger partial charge is 0.497 e. The highest BCUT2D eigenvalue weighted by molar-refractivity contribution is 5.97. The summed E-state index contributed by atoms with van der Waals surface area (Å²) in [5.41, 5.74) is 2.01. The third-order valence-corrected chi connectivity index (χ3v) is 5.82. The first-order valence-corrected chi connectivity index (χ1v) is 10.9. The zero-order chi connectivity index (χ0) is 24.0. The second-order valence-corrected chi connectivity index (χ2v) is 8.24. The van der Waals surface area contributed by atoms with Gasteiger partial charge in [0, 0.05) is 5.56 Å². The summed E-state index contributed by atoms with van der Waals surface area (Å²) in [6, 6.07) is 21.8.